The van der Waals surface area contributed by atoms with Crippen molar-refractivity contribution in [2.45, 2.75) is 69.3 Å². The highest BCUT2D eigenvalue weighted by Gasteiger charge is 2.43. The van der Waals surface area contributed by atoms with E-state index in [1.807, 2.05) is 5.32 Å². The number of carbonyl (C=O) groups excluding carboxylic acids is 2. The quantitative estimate of drug-likeness (QED) is 0.197. The Balaban J connectivity index is 1.63. The third-order valence-electron chi connectivity index (χ3n) is 7.66. The Labute approximate surface area is 269 Å². The van der Waals surface area contributed by atoms with Crippen LogP contribution in [0.25, 0.3) is 11.2 Å². The summed E-state index contributed by atoms with van der Waals surface area (Å²) in [7, 11) is 1.27. The van der Waals surface area contributed by atoms with Crippen LogP contribution in [0.5, 0.6) is 5.88 Å². The topological polar surface area (TPSA) is 136 Å². The Morgan fingerprint density at radius 3 is 2.22 bits per heavy atom. The van der Waals surface area contributed by atoms with E-state index in [0.717, 1.165) is 22.8 Å². The number of anilines is 2. The minimum atomic E-state index is -5.06. The van der Waals surface area contributed by atoms with Crippen LogP contribution in [-0.4, -0.2) is 63.8 Å². The Kier molecular flexibility index (Phi) is 10.8. The number of halogens is 11. The van der Waals surface area contributed by atoms with Gasteiger partial charge in [-0.25, -0.2) is 13.8 Å². The monoisotopic (exact) mass is 719 g/mol. The second-order valence-corrected chi connectivity index (χ2v) is 11.2. The molecule has 1 aliphatic rings. The third kappa shape index (κ3) is 9.18. The van der Waals surface area contributed by atoms with Gasteiger partial charge in [-0.3, -0.25) is 14.2 Å². The number of hydrogen-bond acceptors (Lipinski definition) is 7. The SMILES string of the molecule is Cn1c(Nc2cc(CNC(=O)C(N)C(F)(F)F)ccc2C(F)(F)F)nc2cc(C(=O)NC3CCC(C(F)(F)F)CC3)c(OCC(F)F)nc21. The normalized spacial score (nSPS) is 18.0. The van der Waals surface area contributed by atoms with Crippen LogP contribution >= 0.6 is 0 Å². The molecule has 1 aliphatic carbocycles. The number of ether oxygens (including phenoxy) is 1. The maximum atomic E-state index is 13.9. The van der Waals surface area contributed by atoms with Crippen LogP contribution in [0.15, 0.2) is 24.3 Å². The Hall–Kier alpha value is -4.43. The van der Waals surface area contributed by atoms with Gasteiger partial charge in [0.15, 0.2) is 18.3 Å². The highest BCUT2D eigenvalue weighted by atomic mass is 19.4. The average Bonchev–Trinajstić information content (AvgIpc) is 3.30. The van der Waals surface area contributed by atoms with E-state index in [9.17, 15) is 57.9 Å². The molecule has 1 unspecified atom stereocenters. The van der Waals surface area contributed by atoms with Crippen molar-refractivity contribution >= 4 is 34.6 Å². The molecule has 10 nitrogen and oxygen atoms in total. The molecule has 0 aliphatic heterocycles. The number of carbonyl (C=O) groups is 2. The fourth-order valence-corrected chi connectivity index (χ4v) is 5.07. The van der Waals surface area contributed by atoms with Gasteiger partial charge < -0.3 is 26.4 Å². The molecular formula is C28H28F11N7O3. The van der Waals surface area contributed by atoms with Gasteiger partial charge in [-0.05, 0) is 49.4 Å². The van der Waals surface area contributed by atoms with E-state index in [0.29, 0.717) is 6.07 Å². The fraction of sp³-hybridized carbons (Fsp3) is 0.500. The largest absolute Gasteiger partial charge is 0.471 e. The van der Waals surface area contributed by atoms with E-state index in [-0.39, 0.29) is 48.4 Å². The van der Waals surface area contributed by atoms with Crippen molar-refractivity contribution in [1.29, 1.82) is 0 Å². The lowest BCUT2D eigenvalue weighted by Gasteiger charge is -2.30. The summed E-state index contributed by atoms with van der Waals surface area (Å²) in [6.07, 6.45) is -17.9. The number of pyridine rings is 1. The van der Waals surface area contributed by atoms with E-state index in [1.165, 1.54) is 7.05 Å². The number of benzene rings is 1. The van der Waals surface area contributed by atoms with Crippen LogP contribution in [0.2, 0.25) is 0 Å². The number of nitrogens with one attached hydrogen (secondary N) is 3. The maximum Gasteiger partial charge on any atom is 0.418 e. The molecule has 49 heavy (non-hydrogen) atoms. The number of nitrogens with two attached hydrogens (primary N) is 1. The lowest BCUT2D eigenvalue weighted by molar-refractivity contribution is -0.182. The molecule has 0 saturated heterocycles. The molecule has 1 aromatic carbocycles. The molecule has 5 N–H and O–H groups in total. The number of amides is 2. The summed E-state index contributed by atoms with van der Waals surface area (Å²) in [5.74, 6) is -5.01. The molecule has 1 saturated carbocycles. The molecule has 270 valence electrons. The van der Waals surface area contributed by atoms with Crippen LogP contribution in [0.4, 0.5) is 59.9 Å². The second kappa shape index (κ2) is 14.2. The van der Waals surface area contributed by atoms with E-state index in [4.69, 9.17) is 10.5 Å². The van der Waals surface area contributed by atoms with Crippen LogP contribution in [-0.2, 0) is 24.6 Å². The molecule has 1 fully saturated rings. The van der Waals surface area contributed by atoms with Gasteiger partial charge in [0, 0.05) is 19.6 Å². The number of aryl methyl sites for hydroxylation is 1. The van der Waals surface area contributed by atoms with Gasteiger partial charge in [-0.2, -0.15) is 44.5 Å². The summed E-state index contributed by atoms with van der Waals surface area (Å²) in [6.45, 7) is -1.84. The molecule has 21 heteroatoms. The molecule has 2 amide bonds. The van der Waals surface area contributed by atoms with Crippen molar-refractivity contribution in [3.63, 3.8) is 0 Å². The molecule has 2 heterocycles. The average molecular weight is 720 g/mol. The highest BCUT2D eigenvalue weighted by molar-refractivity contribution is 5.99. The first kappa shape index (κ1) is 37.4. The van der Waals surface area contributed by atoms with Crippen LogP contribution in [0.1, 0.15) is 47.2 Å². The fourth-order valence-electron chi connectivity index (χ4n) is 5.07. The molecule has 3 aromatic rings. The lowest BCUT2D eigenvalue weighted by Crippen LogP contribution is -2.49. The maximum absolute atomic E-state index is 13.9. The van der Waals surface area contributed by atoms with Crippen LogP contribution in [0, 0.1) is 5.92 Å². The zero-order valence-corrected chi connectivity index (χ0v) is 25.2. The summed E-state index contributed by atoms with van der Waals surface area (Å²) < 4.78 is 151. The third-order valence-corrected chi connectivity index (χ3v) is 7.66. The van der Waals surface area contributed by atoms with E-state index < -0.39 is 90.6 Å². The summed E-state index contributed by atoms with van der Waals surface area (Å²) in [4.78, 5) is 33.1. The van der Waals surface area contributed by atoms with Gasteiger partial charge >= 0.3 is 18.5 Å². The smallest absolute Gasteiger partial charge is 0.418 e. The Morgan fingerprint density at radius 1 is 1.00 bits per heavy atom. The second-order valence-electron chi connectivity index (χ2n) is 11.2. The van der Waals surface area contributed by atoms with Crippen molar-refractivity contribution in [1.82, 2.24) is 25.2 Å². The van der Waals surface area contributed by atoms with E-state index >= 15 is 0 Å². The number of alkyl halides is 11. The number of imidazole rings is 1. The summed E-state index contributed by atoms with van der Waals surface area (Å²) in [5, 5.41) is 6.86. The molecular weight excluding hydrogens is 691 g/mol. The van der Waals surface area contributed by atoms with Gasteiger partial charge in [0.2, 0.25) is 17.7 Å². The van der Waals surface area contributed by atoms with Crippen molar-refractivity contribution < 1.29 is 62.6 Å². The van der Waals surface area contributed by atoms with Gasteiger partial charge in [-0.1, -0.05) is 6.07 Å². The van der Waals surface area contributed by atoms with Crippen molar-refractivity contribution in [3.8, 4) is 5.88 Å². The minimum Gasteiger partial charge on any atom is -0.471 e. The van der Waals surface area contributed by atoms with Crippen LogP contribution < -0.4 is 26.4 Å². The van der Waals surface area contributed by atoms with Gasteiger partial charge in [-0.15, -0.1) is 0 Å². The predicted molar refractivity (Wildman–Crippen MR) is 150 cm³/mol. The van der Waals surface area contributed by atoms with Gasteiger partial charge in [0.25, 0.3) is 12.3 Å². The standard InChI is InChI=1S/C28H28F11N7O3/c1-46-21-18(9-15(24(45-21)49-11-19(29)30)22(47)42-14-5-3-13(4-6-14)26(31,32)33)44-25(46)43-17-8-12(2-7-16(17)27(34,35)36)10-41-23(48)20(40)28(37,38)39/h2,7-9,13-14,19-20H,3-6,10-11,40H2,1H3,(H,41,48)(H,42,47)(H,43,44). The minimum absolute atomic E-state index is 0.0180. The Bertz CT molecular complexity index is 1660. The summed E-state index contributed by atoms with van der Waals surface area (Å²) >= 11 is 0. The summed E-state index contributed by atoms with van der Waals surface area (Å²) in [6, 6.07) is -0.0955. The lowest BCUT2D eigenvalue weighted by atomic mass is 9.85. The first-order valence-electron chi connectivity index (χ1n) is 14.4. The number of nitrogens with zero attached hydrogens (tertiary/aromatic N) is 3. The molecule has 0 bridgehead atoms. The highest BCUT2D eigenvalue weighted by Crippen LogP contribution is 2.39. The van der Waals surface area contributed by atoms with E-state index in [1.54, 1.807) is 0 Å². The van der Waals surface area contributed by atoms with E-state index in [2.05, 4.69) is 20.6 Å². The predicted octanol–water partition coefficient (Wildman–Crippen LogP) is 5.73. The number of fused-ring (bicyclic) bond motifs is 1. The molecule has 0 spiro atoms. The van der Waals surface area contributed by atoms with Crippen molar-refractivity contribution in [3.05, 3.63) is 41.0 Å². The zero-order chi connectivity index (χ0) is 36.5. The van der Waals surface area contributed by atoms with Crippen LogP contribution in [0.3, 0.4) is 0 Å². The molecule has 4 rings (SSSR count). The number of aromatic nitrogens is 3. The molecule has 0 radical (unpaired) electrons. The molecule has 2 aromatic heterocycles. The van der Waals surface area contributed by atoms with Crippen molar-refractivity contribution in [2.75, 3.05) is 11.9 Å². The molecule has 1 atom stereocenters. The van der Waals surface area contributed by atoms with Gasteiger partial charge in [0.05, 0.1) is 17.2 Å². The van der Waals surface area contributed by atoms with Gasteiger partial charge in [0.1, 0.15) is 11.1 Å². The summed E-state index contributed by atoms with van der Waals surface area (Å²) in [5.41, 5.74) is 2.19. The number of rotatable bonds is 10. The Morgan fingerprint density at radius 2 is 1.65 bits per heavy atom. The van der Waals surface area contributed by atoms with Crippen molar-refractivity contribution in [2.24, 2.45) is 18.7 Å². The zero-order valence-electron chi connectivity index (χ0n) is 25.2. The number of hydrogen-bond donors (Lipinski definition) is 4. The first-order valence-corrected chi connectivity index (χ1v) is 14.4. The first-order chi connectivity index (χ1) is 22.6.